The standard InChI is InChI=1S/2C14H9N3O6/c2*1-16-13(19)9(15-14(16)20)6-8-7-2-5-12(18)23-11(7)4-3-10(8)17(21)22/h2-5H,6H2,1H3;2-6H,1H3,(H,15,20)/b;9-6+. The van der Waals surface area contributed by atoms with Gasteiger partial charge in [-0.05, 0) is 30.3 Å². The zero-order valence-corrected chi connectivity index (χ0v) is 23.5. The van der Waals surface area contributed by atoms with E-state index in [1.54, 1.807) is 0 Å². The van der Waals surface area contributed by atoms with Crippen molar-refractivity contribution < 1.29 is 37.9 Å². The zero-order valence-electron chi connectivity index (χ0n) is 23.5. The fourth-order valence-corrected chi connectivity index (χ4v) is 4.59. The van der Waals surface area contributed by atoms with Gasteiger partial charge in [-0.2, -0.15) is 4.99 Å². The number of benzene rings is 2. The highest BCUT2D eigenvalue weighted by molar-refractivity contribution is 6.46. The van der Waals surface area contributed by atoms with Gasteiger partial charge in [-0.1, -0.05) is 0 Å². The minimum Gasteiger partial charge on any atom is -0.423 e. The van der Waals surface area contributed by atoms with Crippen molar-refractivity contribution in [1.82, 2.24) is 15.1 Å². The van der Waals surface area contributed by atoms with E-state index in [0.29, 0.717) is 5.39 Å². The number of likely N-dealkylation sites (N-methyl/N-ethyl adjacent to an activating group) is 1. The third-order valence-corrected chi connectivity index (χ3v) is 6.89. The molecular formula is C28H18N6O12. The molecule has 0 saturated carbocycles. The third-order valence-electron chi connectivity index (χ3n) is 6.89. The highest BCUT2D eigenvalue weighted by Crippen LogP contribution is 2.31. The first kappa shape index (κ1) is 30.6. The van der Waals surface area contributed by atoms with Gasteiger partial charge in [-0.3, -0.25) is 39.6 Å². The number of aliphatic imine (C=N–C) groups is 1. The topological polar surface area (TPSA) is 246 Å². The molecule has 1 fully saturated rings. The molecule has 18 nitrogen and oxygen atoms in total. The molecule has 4 aromatic rings. The molecule has 0 atom stereocenters. The predicted molar refractivity (Wildman–Crippen MR) is 157 cm³/mol. The van der Waals surface area contributed by atoms with E-state index in [4.69, 9.17) is 8.83 Å². The molecular weight excluding hydrogens is 612 g/mol. The number of rotatable bonds is 5. The first-order valence-electron chi connectivity index (χ1n) is 12.9. The first-order valence-corrected chi connectivity index (χ1v) is 12.9. The Kier molecular flexibility index (Phi) is 7.77. The normalized spacial score (nSPS) is 15.3. The molecule has 0 radical (unpaired) electrons. The predicted octanol–water partition coefficient (Wildman–Crippen LogP) is 2.50. The molecule has 0 aliphatic carbocycles. The van der Waals surface area contributed by atoms with Crippen molar-refractivity contribution in [2.75, 3.05) is 14.1 Å². The SMILES string of the molecule is CN1C(=O)N/C(=C/c2c([N+](=O)[O-])ccc3oc(=O)ccc23)C1=O.CN1C(=O)N=C(Cc2c([N+](=O)[O-])ccc3oc(=O)ccc23)C1=O. The summed E-state index contributed by atoms with van der Waals surface area (Å²) in [5.74, 6) is -1.22. The van der Waals surface area contributed by atoms with Crippen molar-refractivity contribution in [3.8, 4) is 0 Å². The Bertz CT molecular complexity index is 2230. The molecule has 2 aliphatic heterocycles. The van der Waals surface area contributed by atoms with Gasteiger partial charge < -0.3 is 14.2 Å². The summed E-state index contributed by atoms with van der Waals surface area (Å²) in [6.45, 7) is 0. The van der Waals surface area contributed by atoms with E-state index in [9.17, 15) is 49.0 Å². The van der Waals surface area contributed by atoms with Crippen molar-refractivity contribution in [2.24, 2.45) is 4.99 Å². The van der Waals surface area contributed by atoms with Crippen LogP contribution in [0.1, 0.15) is 11.1 Å². The maximum Gasteiger partial charge on any atom is 0.350 e. The first-order chi connectivity index (χ1) is 21.8. The lowest BCUT2D eigenvalue weighted by Gasteiger charge is -2.07. The molecule has 2 aromatic heterocycles. The van der Waals surface area contributed by atoms with E-state index in [2.05, 4.69) is 10.3 Å². The summed E-state index contributed by atoms with van der Waals surface area (Å²) in [4.78, 5) is 95.8. The smallest absolute Gasteiger partial charge is 0.350 e. The number of imide groups is 2. The molecule has 18 heteroatoms. The second-order valence-electron chi connectivity index (χ2n) is 9.64. The second-order valence-corrected chi connectivity index (χ2v) is 9.64. The molecule has 2 aromatic carbocycles. The lowest BCUT2D eigenvalue weighted by Crippen LogP contribution is -2.29. The molecule has 0 spiro atoms. The van der Waals surface area contributed by atoms with Crippen LogP contribution in [0.4, 0.5) is 21.0 Å². The molecule has 6 rings (SSSR count). The van der Waals surface area contributed by atoms with Crippen molar-refractivity contribution in [3.63, 3.8) is 0 Å². The summed E-state index contributed by atoms with van der Waals surface area (Å²) in [7, 11) is 2.56. The number of amides is 6. The van der Waals surface area contributed by atoms with E-state index in [-0.39, 0.29) is 56.9 Å². The summed E-state index contributed by atoms with van der Waals surface area (Å²) < 4.78 is 9.97. The molecule has 0 bridgehead atoms. The number of nitrogens with zero attached hydrogens (tertiary/aromatic N) is 5. The summed E-state index contributed by atoms with van der Waals surface area (Å²) in [6, 6.07) is 8.62. The molecule has 4 heterocycles. The molecule has 232 valence electrons. The highest BCUT2D eigenvalue weighted by Gasteiger charge is 2.33. The van der Waals surface area contributed by atoms with Gasteiger partial charge in [-0.15, -0.1) is 0 Å². The number of fused-ring (bicyclic) bond motifs is 2. The van der Waals surface area contributed by atoms with Crippen molar-refractivity contribution in [3.05, 3.63) is 106 Å². The van der Waals surface area contributed by atoms with Gasteiger partial charge in [0.05, 0.1) is 15.4 Å². The molecule has 1 N–H and O–H groups in total. The van der Waals surface area contributed by atoms with Crippen LogP contribution in [0, 0.1) is 20.2 Å². The van der Waals surface area contributed by atoms with Crippen molar-refractivity contribution >= 4 is 69.0 Å². The fraction of sp³-hybridized carbons (Fsp3) is 0.107. The number of hydrogen-bond acceptors (Lipinski definition) is 12. The van der Waals surface area contributed by atoms with Crippen LogP contribution >= 0.6 is 0 Å². The van der Waals surface area contributed by atoms with Gasteiger partial charge in [0.15, 0.2) is 0 Å². The van der Waals surface area contributed by atoms with E-state index >= 15 is 0 Å². The summed E-state index contributed by atoms with van der Waals surface area (Å²) >= 11 is 0. The van der Waals surface area contributed by atoms with E-state index in [0.717, 1.165) is 21.9 Å². The molecule has 6 amide bonds. The maximum absolute atomic E-state index is 11.9. The summed E-state index contributed by atoms with van der Waals surface area (Å²) in [5, 5.41) is 25.4. The second kappa shape index (κ2) is 11.7. The Morgan fingerprint density at radius 2 is 1.33 bits per heavy atom. The maximum atomic E-state index is 11.9. The highest BCUT2D eigenvalue weighted by atomic mass is 16.6. The number of nitro benzene ring substituents is 2. The molecule has 46 heavy (non-hydrogen) atoms. The lowest BCUT2D eigenvalue weighted by atomic mass is 10.0. The van der Waals surface area contributed by atoms with Crippen LogP contribution in [0.5, 0.6) is 0 Å². The number of urea groups is 2. The van der Waals surface area contributed by atoms with Crippen LogP contribution < -0.4 is 16.6 Å². The lowest BCUT2D eigenvalue weighted by molar-refractivity contribution is -0.385. The van der Waals surface area contributed by atoms with Gasteiger partial charge in [0, 0.05) is 61.1 Å². The number of nitro groups is 2. The third kappa shape index (κ3) is 5.60. The Balaban J connectivity index is 0.000000181. The van der Waals surface area contributed by atoms with Crippen molar-refractivity contribution in [1.29, 1.82) is 0 Å². The minimum absolute atomic E-state index is 0.0650. The number of carbonyl (C=O) groups is 4. The summed E-state index contributed by atoms with van der Waals surface area (Å²) in [5.41, 5.74) is -1.40. The van der Waals surface area contributed by atoms with Gasteiger partial charge in [0.25, 0.3) is 23.2 Å². The zero-order chi connectivity index (χ0) is 33.4. The van der Waals surface area contributed by atoms with Crippen LogP contribution in [0.2, 0.25) is 0 Å². The Hall–Kier alpha value is -6.85. The van der Waals surface area contributed by atoms with Gasteiger partial charge >= 0.3 is 23.3 Å². The van der Waals surface area contributed by atoms with Gasteiger partial charge in [0.2, 0.25) is 0 Å². The Morgan fingerprint density at radius 1 is 0.761 bits per heavy atom. The average molecular weight is 630 g/mol. The van der Waals surface area contributed by atoms with Gasteiger partial charge in [0.1, 0.15) is 22.6 Å². The summed E-state index contributed by atoms with van der Waals surface area (Å²) in [6.07, 6.45) is 0.987. The van der Waals surface area contributed by atoms with Crippen LogP contribution in [-0.2, 0) is 16.0 Å². The van der Waals surface area contributed by atoms with Crippen LogP contribution in [0.15, 0.2) is 77.6 Å². The number of hydrogen-bond donors (Lipinski definition) is 1. The Labute approximate surface area is 254 Å². The monoisotopic (exact) mass is 630 g/mol. The Morgan fingerprint density at radius 3 is 1.85 bits per heavy atom. The van der Waals surface area contributed by atoms with Crippen LogP contribution in [0.3, 0.4) is 0 Å². The minimum atomic E-state index is -0.723. The molecule has 0 unspecified atom stereocenters. The molecule has 1 saturated heterocycles. The van der Waals surface area contributed by atoms with E-state index < -0.39 is 45.0 Å². The van der Waals surface area contributed by atoms with Crippen molar-refractivity contribution in [2.45, 2.75) is 6.42 Å². The van der Waals surface area contributed by atoms with Crippen LogP contribution in [-0.4, -0.2) is 63.3 Å². The quantitative estimate of drug-likeness (QED) is 0.110. The fourth-order valence-electron chi connectivity index (χ4n) is 4.59. The van der Waals surface area contributed by atoms with Crippen LogP contribution in [0.25, 0.3) is 28.0 Å². The molecule has 2 aliphatic rings. The average Bonchev–Trinajstić information content (AvgIpc) is 3.39. The van der Waals surface area contributed by atoms with Gasteiger partial charge in [-0.25, -0.2) is 19.2 Å². The van der Waals surface area contributed by atoms with E-state index in [1.165, 1.54) is 56.6 Å². The largest absolute Gasteiger partial charge is 0.423 e. The number of carbonyl (C=O) groups excluding carboxylic acids is 4. The van der Waals surface area contributed by atoms with E-state index in [1.807, 2.05) is 0 Å². The number of nitrogens with one attached hydrogen (secondary N) is 1.